The third kappa shape index (κ3) is 5.26. The molecule has 2 aromatic carbocycles. The summed E-state index contributed by atoms with van der Waals surface area (Å²) in [6.07, 6.45) is 1.05. The lowest BCUT2D eigenvalue weighted by Crippen LogP contribution is -2.27. The topological polar surface area (TPSA) is 76.7 Å². The van der Waals surface area contributed by atoms with Crippen LogP contribution in [0, 0.1) is 0 Å². The molecule has 1 atom stereocenters. The van der Waals surface area contributed by atoms with Crippen molar-refractivity contribution in [3.05, 3.63) is 59.7 Å². The maximum Gasteiger partial charge on any atom is 0.387 e. The van der Waals surface area contributed by atoms with Crippen molar-refractivity contribution < 1.29 is 27.8 Å². The van der Waals surface area contributed by atoms with E-state index in [2.05, 4.69) is 15.4 Å². The van der Waals surface area contributed by atoms with E-state index in [-0.39, 0.29) is 18.2 Å². The van der Waals surface area contributed by atoms with Crippen LogP contribution in [0.25, 0.3) is 0 Å². The molecule has 1 aliphatic heterocycles. The van der Waals surface area contributed by atoms with Crippen molar-refractivity contribution in [1.82, 2.24) is 5.32 Å². The average Bonchev–Trinajstić information content (AvgIpc) is 3.22. The SMILES string of the molecule is O=C(NCc1ccccc1OC(F)F)c1cccc(NC(=O)C2CCCO2)c1. The molecule has 0 spiro atoms. The van der Waals surface area contributed by atoms with Gasteiger partial charge in [0.2, 0.25) is 0 Å². The van der Waals surface area contributed by atoms with Crippen molar-refractivity contribution in [1.29, 1.82) is 0 Å². The summed E-state index contributed by atoms with van der Waals surface area (Å²) in [5, 5.41) is 5.40. The lowest BCUT2D eigenvalue weighted by molar-refractivity contribution is -0.124. The quantitative estimate of drug-likeness (QED) is 0.760. The number of amides is 2. The summed E-state index contributed by atoms with van der Waals surface area (Å²) in [5.41, 5.74) is 1.24. The standard InChI is InChI=1S/C20H20F2N2O4/c21-20(22)28-16-8-2-1-5-14(16)12-23-18(25)13-6-3-7-15(11-13)24-19(26)17-9-4-10-27-17/h1-3,5-8,11,17,20H,4,9-10,12H2,(H,23,25)(H,24,26). The van der Waals surface area contributed by atoms with Crippen molar-refractivity contribution in [3.8, 4) is 5.75 Å². The van der Waals surface area contributed by atoms with Crippen LogP contribution >= 0.6 is 0 Å². The van der Waals surface area contributed by atoms with Crippen LogP contribution in [0.5, 0.6) is 5.75 Å². The van der Waals surface area contributed by atoms with Crippen LogP contribution in [0.2, 0.25) is 0 Å². The number of rotatable bonds is 7. The lowest BCUT2D eigenvalue weighted by Gasteiger charge is -2.13. The van der Waals surface area contributed by atoms with Gasteiger partial charge in [-0.1, -0.05) is 24.3 Å². The molecule has 1 unspecified atom stereocenters. The van der Waals surface area contributed by atoms with E-state index in [1.165, 1.54) is 6.07 Å². The third-order valence-corrected chi connectivity index (χ3v) is 4.24. The van der Waals surface area contributed by atoms with Gasteiger partial charge in [-0.2, -0.15) is 8.78 Å². The van der Waals surface area contributed by atoms with Gasteiger partial charge in [-0.3, -0.25) is 9.59 Å². The summed E-state index contributed by atoms with van der Waals surface area (Å²) >= 11 is 0. The fourth-order valence-electron chi connectivity index (χ4n) is 2.88. The molecule has 0 aliphatic carbocycles. The average molecular weight is 390 g/mol. The lowest BCUT2D eigenvalue weighted by atomic mass is 10.1. The van der Waals surface area contributed by atoms with E-state index in [1.807, 2.05) is 0 Å². The maximum absolute atomic E-state index is 12.5. The van der Waals surface area contributed by atoms with Crippen LogP contribution in [0.1, 0.15) is 28.8 Å². The Morgan fingerprint density at radius 2 is 2.00 bits per heavy atom. The predicted octanol–water partition coefficient (Wildman–Crippen LogP) is 3.34. The second-order valence-corrected chi connectivity index (χ2v) is 6.24. The fourth-order valence-corrected chi connectivity index (χ4v) is 2.88. The number of benzene rings is 2. The highest BCUT2D eigenvalue weighted by Gasteiger charge is 2.23. The number of ether oxygens (including phenoxy) is 2. The Kier molecular flexibility index (Phi) is 6.54. The first kappa shape index (κ1) is 19.8. The molecule has 0 saturated carbocycles. The van der Waals surface area contributed by atoms with Gasteiger partial charge >= 0.3 is 6.61 Å². The van der Waals surface area contributed by atoms with E-state index in [4.69, 9.17) is 4.74 Å². The van der Waals surface area contributed by atoms with Crippen molar-refractivity contribution in [2.75, 3.05) is 11.9 Å². The summed E-state index contributed by atoms with van der Waals surface area (Å²) < 4.78 is 34.7. The number of anilines is 1. The van der Waals surface area contributed by atoms with Gasteiger partial charge < -0.3 is 20.1 Å². The molecular weight excluding hydrogens is 370 g/mol. The van der Waals surface area contributed by atoms with Crippen LogP contribution in [0.4, 0.5) is 14.5 Å². The first-order valence-electron chi connectivity index (χ1n) is 8.86. The van der Waals surface area contributed by atoms with E-state index in [9.17, 15) is 18.4 Å². The van der Waals surface area contributed by atoms with Crippen molar-refractivity contribution >= 4 is 17.5 Å². The van der Waals surface area contributed by atoms with Crippen molar-refractivity contribution in [3.63, 3.8) is 0 Å². The Balaban J connectivity index is 1.61. The van der Waals surface area contributed by atoms with Gasteiger partial charge in [0, 0.05) is 30.0 Å². The molecule has 148 valence electrons. The van der Waals surface area contributed by atoms with Crippen LogP contribution in [-0.4, -0.2) is 31.1 Å². The molecule has 2 aromatic rings. The van der Waals surface area contributed by atoms with E-state index in [0.29, 0.717) is 29.8 Å². The summed E-state index contributed by atoms with van der Waals surface area (Å²) in [7, 11) is 0. The van der Waals surface area contributed by atoms with E-state index in [0.717, 1.165) is 6.42 Å². The zero-order valence-electron chi connectivity index (χ0n) is 15.0. The number of halogens is 2. The van der Waals surface area contributed by atoms with Gasteiger partial charge in [-0.25, -0.2) is 0 Å². The third-order valence-electron chi connectivity index (χ3n) is 4.24. The minimum absolute atomic E-state index is 0.00961. The Morgan fingerprint density at radius 1 is 1.18 bits per heavy atom. The number of para-hydroxylation sites is 1. The summed E-state index contributed by atoms with van der Waals surface area (Å²) in [6, 6.07) is 12.7. The Labute approximate surface area is 160 Å². The molecule has 3 rings (SSSR count). The Hall–Kier alpha value is -3.00. The number of nitrogens with one attached hydrogen (secondary N) is 2. The van der Waals surface area contributed by atoms with E-state index < -0.39 is 18.6 Å². The molecular formula is C20H20F2N2O4. The van der Waals surface area contributed by atoms with Gasteiger partial charge in [0.15, 0.2) is 0 Å². The number of hydrogen-bond donors (Lipinski definition) is 2. The predicted molar refractivity (Wildman–Crippen MR) is 98.3 cm³/mol. The number of hydrogen-bond acceptors (Lipinski definition) is 4. The minimum atomic E-state index is -2.94. The molecule has 1 heterocycles. The monoisotopic (exact) mass is 390 g/mol. The zero-order chi connectivity index (χ0) is 19.9. The van der Waals surface area contributed by atoms with Gasteiger partial charge in [0.05, 0.1) is 0 Å². The summed E-state index contributed by atoms with van der Waals surface area (Å²) in [6.45, 7) is -2.35. The molecule has 1 fully saturated rings. The van der Waals surface area contributed by atoms with E-state index in [1.54, 1.807) is 42.5 Å². The Bertz CT molecular complexity index is 838. The minimum Gasteiger partial charge on any atom is -0.434 e. The van der Waals surface area contributed by atoms with Crippen LogP contribution < -0.4 is 15.4 Å². The second-order valence-electron chi connectivity index (χ2n) is 6.24. The Morgan fingerprint density at radius 3 is 2.75 bits per heavy atom. The molecule has 2 N–H and O–H groups in total. The molecule has 0 radical (unpaired) electrons. The number of carbonyl (C=O) groups excluding carboxylic acids is 2. The molecule has 1 aliphatic rings. The largest absolute Gasteiger partial charge is 0.434 e. The molecule has 0 bridgehead atoms. The van der Waals surface area contributed by atoms with Crippen LogP contribution in [0.3, 0.4) is 0 Å². The molecule has 8 heteroatoms. The fraction of sp³-hybridized carbons (Fsp3) is 0.300. The normalized spacial score (nSPS) is 16.0. The smallest absolute Gasteiger partial charge is 0.387 e. The van der Waals surface area contributed by atoms with Gasteiger partial charge in [-0.15, -0.1) is 0 Å². The highest BCUT2D eigenvalue weighted by Crippen LogP contribution is 2.20. The van der Waals surface area contributed by atoms with E-state index >= 15 is 0 Å². The summed E-state index contributed by atoms with van der Waals surface area (Å²) in [5.74, 6) is -0.636. The highest BCUT2D eigenvalue weighted by atomic mass is 19.3. The zero-order valence-corrected chi connectivity index (χ0v) is 15.0. The molecule has 28 heavy (non-hydrogen) atoms. The molecule has 1 saturated heterocycles. The van der Waals surface area contributed by atoms with Crippen LogP contribution in [0.15, 0.2) is 48.5 Å². The second kappa shape index (κ2) is 9.27. The summed E-state index contributed by atoms with van der Waals surface area (Å²) in [4.78, 5) is 24.5. The molecule has 6 nitrogen and oxygen atoms in total. The molecule has 2 amide bonds. The number of carbonyl (C=O) groups is 2. The van der Waals surface area contributed by atoms with Crippen molar-refractivity contribution in [2.45, 2.75) is 32.1 Å². The maximum atomic E-state index is 12.5. The van der Waals surface area contributed by atoms with Crippen LogP contribution in [-0.2, 0) is 16.1 Å². The van der Waals surface area contributed by atoms with Gasteiger partial charge in [0.1, 0.15) is 11.9 Å². The van der Waals surface area contributed by atoms with Gasteiger partial charge in [-0.05, 0) is 37.1 Å². The molecule has 0 aromatic heterocycles. The first-order chi connectivity index (χ1) is 13.5. The first-order valence-corrected chi connectivity index (χ1v) is 8.86. The highest BCUT2D eigenvalue weighted by molar-refractivity contribution is 5.98. The van der Waals surface area contributed by atoms with Crippen molar-refractivity contribution in [2.24, 2.45) is 0 Å². The number of alkyl halides is 2. The van der Waals surface area contributed by atoms with Gasteiger partial charge in [0.25, 0.3) is 11.8 Å².